The Morgan fingerprint density at radius 1 is 0.696 bits per heavy atom. The summed E-state index contributed by atoms with van der Waals surface area (Å²) in [6.07, 6.45) is 3.33. The normalized spacial score (nSPS) is 13.2. The van der Waals surface area contributed by atoms with Gasteiger partial charge in [-0.15, -0.1) is 0 Å². The number of aryl methyl sites for hydroxylation is 2. The Morgan fingerprint density at radius 2 is 1.00 bits per heavy atom. The fourth-order valence-electron chi connectivity index (χ4n) is 2.51. The molecule has 0 saturated carbocycles. The minimum atomic E-state index is -3.57. The molecule has 0 spiro atoms. The van der Waals surface area contributed by atoms with Crippen molar-refractivity contribution in [3.05, 3.63) is 82.9 Å². The number of hydrogen-bond acceptors (Lipinski definition) is 2. The van der Waals surface area contributed by atoms with Gasteiger partial charge in [0, 0.05) is 0 Å². The Kier molecular flexibility index (Phi) is 5.22. The van der Waals surface area contributed by atoms with Gasteiger partial charge in [0.2, 0.25) is 9.84 Å². The second-order valence-electron chi connectivity index (χ2n) is 5.54. The van der Waals surface area contributed by atoms with E-state index in [9.17, 15) is 8.42 Å². The Hall–Kier alpha value is -2.13. The molecule has 0 atom stereocenters. The van der Waals surface area contributed by atoms with E-state index in [1.54, 1.807) is 26.0 Å². The van der Waals surface area contributed by atoms with Crippen LogP contribution >= 0.6 is 0 Å². The Labute approximate surface area is 139 Å². The average molecular weight is 326 g/mol. The van der Waals surface area contributed by atoms with E-state index in [0.717, 1.165) is 11.1 Å². The number of benzene rings is 2. The molecular formula is C20H22O2S. The molecule has 2 aromatic carbocycles. The van der Waals surface area contributed by atoms with E-state index in [2.05, 4.69) is 0 Å². The molecule has 0 fully saturated rings. The van der Waals surface area contributed by atoms with E-state index >= 15 is 0 Å². The minimum Gasteiger partial charge on any atom is -0.218 e. The van der Waals surface area contributed by atoms with Crippen molar-refractivity contribution < 1.29 is 8.42 Å². The SMILES string of the molecule is C/C=C(/c1ccc(C)cc1)S(=O)(=O)/C(=C\C)c1ccc(C)cc1. The molecule has 0 aliphatic carbocycles. The predicted molar refractivity (Wildman–Crippen MR) is 98.6 cm³/mol. The van der Waals surface area contributed by atoms with Crippen LogP contribution in [0.2, 0.25) is 0 Å². The fraction of sp³-hybridized carbons (Fsp3) is 0.200. The van der Waals surface area contributed by atoms with Crippen molar-refractivity contribution in [2.45, 2.75) is 27.7 Å². The minimum absolute atomic E-state index is 0.339. The molecule has 0 saturated heterocycles. The molecule has 2 aromatic rings. The summed E-state index contributed by atoms with van der Waals surface area (Å²) in [5.41, 5.74) is 3.63. The molecule has 0 radical (unpaired) electrons. The highest BCUT2D eigenvalue weighted by atomic mass is 32.2. The molecule has 2 nitrogen and oxygen atoms in total. The maximum atomic E-state index is 13.1. The van der Waals surface area contributed by atoms with Gasteiger partial charge in [-0.3, -0.25) is 0 Å². The molecule has 2 rings (SSSR count). The van der Waals surface area contributed by atoms with Gasteiger partial charge in [0.05, 0.1) is 9.81 Å². The molecule has 23 heavy (non-hydrogen) atoms. The van der Waals surface area contributed by atoms with E-state index in [1.165, 1.54) is 0 Å². The number of allylic oxidation sites excluding steroid dienone is 2. The first-order valence-corrected chi connectivity index (χ1v) is 9.10. The van der Waals surface area contributed by atoms with Crippen LogP contribution in [0.25, 0.3) is 9.81 Å². The molecule has 0 heterocycles. The van der Waals surface area contributed by atoms with Crippen LogP contribution in [0, 0.1) is 13.8 Å². The van der Waals surface area contributed by atoms with Crippen molar-refractivity contribution in [3.63, 3.8) is 0 Å². The van der Waals surface area contributed by atoms with Crippen molar-refractivity contribution >= 4 is 19.6 Å². The Balaban J connectivity index is 2.53. The zero-order valence-corrected chi connectivity index (χ0v) is 14.8. The van der Waals surface area contributed by atoms with Crippen LogP contribution in [-0.2, 0) is 9.84 Å². The third-order valence-corrected chi connectivity index (χ3v) is 5.88. The summed E-state index contributed by atoms with van der Waals surface area (Å²) in [6, 6.07) is 15.1. The number of sulfone groups is 1. The van der Waals surface area contributed by atoms with E-state index in [4.69, 9.17) is 0 Å². The Morgan fingerprint density at radius 3 is 1.26 bits per heavy atom. The van der Waals surface area contributed by atoms with Crippen molar-refractivity contribution in [1.82, 2.24) is 0 Å². The average Bonchev–Trinajstić information content (AvgIpc) is 2.52. The molecule has 0 aliphatic rings. The molecule has 0 amide bonds. The molecule has 0 aromatic heterocycles. The van der Waals surface area contributed by atoms with Crippen LogP contribution < -0.4 is 0 Å². The van der Waals surface area contributed by atoms with Crippen LogP contribution in [0.5, 0.6) is 0 Å². The van der Waals surface area contributed by atoms with Crippen LogP contribution in [0.4, 0.5) is 0 Å². The van der Waals surface area contributed by atoms with Crippen molar-refractivity contribution in [2.75, 3.05) is 0 Å². The first-order valence-electron chi connectivity index (χ1n) is 7.62. The summed E-state index contributed by atoms with van der Waals surface area (Å²) in [4.78, 5) is 0.678. The fourth-order valence-corrected chi connectivity index (χ4v) is 4.26. The number of hydrogen-bond donors (Lipinski definition) is 0. The highest BCUT2D eigenvalue weighted by Crippen LogP contribution is 2.33. The molecule has 3 heteroatoms. The largest absolute Gasteiger partial charge is 0.218 e. The summed E-state index contributed by atoms with van der Waals surface area (Å²) in [5, 5.41) is 0. The monoisotopic (exact) mass is 326 g/mol. The van der Waals surface area contributed by atoms with Gasteiger partial charge in [-0.2, -0.15) is 0 Å². The molecular weight excluding hydrogens is 304 g/mol. The first-order chi connectivity index (χ1) is 10.9. The van der Waals surface area contributed by atoms with Crippen LogP contribution in [0.15, 0.2) is 60.7 Å². The standard InChI is InChI=1S/C20H22O2S/c1-5-19(17-11-7-15(3)8-12-17)23(21,22)20(6-2)18-13-9-16(4)10-14-18/h5-14H,1-4H3/b19-5-,20-6-. The van der Waals surface area contributed by atoms with Gasteiger partial charge in [-0.25, -0.2) is 8.42 Å². The lowest BCUT2D eigenvalue weighted by atomic mass is 10.1. The molecule has 120 valence electrons. The zero-order chi connectivity index (χ0) is 17.0. The van der Waals surface area contributed by atoms with Gasteiger partial charge < -0.3 is 0 Å². The first kappa shape index (κ1) is 17.2. The molecule has 0 bridgehead atoms. The molecule has 0 N–H and O–H groups in total. The Bertz CT molecular complexity index is 770. The highest BCUT2D eigenvalue weighted by molar-refractivity contribution is 8.09. The van der Waals surface area contributed by atoms with Gasteiger partial charge >= 0.3 is 0 Å². The lowest BCUT2D eigenvalue weighted by Gasteiger charge is -2.13. The van der Waals surface area contributed by atoms with Gasteiger partial charge in [0.1, 0.15) is 0 Å². The highest BCUT2D eigenvalue weighted by Gasteiger charge is 2.24. The van der Waals surface area contributed by atoms with Gasteiger partial charge in [0.25, 0.3) is 0 Å². The van der Waals surface area contributed by atoms with Crippen molar-refractivity contribution in [1.29, 1.82) is 0 Å². The lowest BCUT2D eigenvalue weighted by Crippen LogP contribution is -2.06. The van der Waals surface area contributed by atoms with Crippen LogP contribution in [0.1, 0.15) is 36.1 Å². The third kappa shape index (κ3) is 3.62. The number of rotatable bonds is 4. The predicted octanol–water partition coefficient (Wildman–Crippen LogP) is 5.14. The van der Waals surface area contributed by atoms with Crippen LogP contribution in [0.3, 0.4) is 0 Å². The van der Waals surface area contributed by atoms with E-state index in [0.29, 0.717) is 20.9 Å². The van der Waals surface area contributed by atoms with Crippen molar-refractivity contribution in [2.24, 2.45) is 0 Å². The van der Waals surface area contributed by atoms with E-state index in [1.807, 2.05) is 62.4 Å². The zero-order valence-electron chi connectivity index (χ0n) is 14.0. The maximum absolute atomic E-state index is 13.1. The van der Waals surface area contributed by atoms with Gasteiger partial charge in [0.15, 0.2) is 0 Å². The smallest absolute Gasteiger partial charge is 0.207 e. The summed E-state index contributed by atoms with van der Waals surface area (Å²) >= 11 is 0. The maximum Gasteiger partial charge on any atom is 0.207 e. The van der Waals surface area contributed by atoms with Crippen LogP contribution in [-0.4, -0.2) is 8.42 Å². The summed E-state index contributed by atoms with van der Waals surface area (Å²) in [6.45, 7) is 7.49. The quantitative estimate of drug-likeness (QED) is 0.779. The molecule has 0 aliphatic heterocycles. The van der Waals surface area contributed by atoms with E-state index < -0.39 is 9.84 Å². The lowest BCUT2D eigenvalue weighted by molar-refractivity contribution is 0.615. The van der Waals surface area contributed by atoms with Gasteiger partial charge in [-0.05, 0) is 38.8 Å². The third-order valence-electron chi connectivity index (χ3n) is 3.78. The summed E-state index contributed by atoms with van der Waals surface area (Å²) in [5.74, 6) is 0. The second kappa shape index (κ2) is 6.97. The summed E-state index contributed by atoms with van der Waals surface area (Å²) < 4.78 is 26.3. The second-order valence-corrected chi connectivity index (χ2v) is 7.43. The van der Waals surface area contributed by atoms with E-state index in [-0.39, 0.29) is 0 Å². The molecule has 0 unspecified atom stereocenters. The van der Waals surface area contributed by atoms with Gasteiger partial charge in [-0.1, -0.05) is 71.8 Å². The topological polar surface area (TPSA) is 34.1 Å². The van der Waals surface area contributed by atoms with Crippen molar-refractivity contribution in [3.8, 4) is 0 Å². The summed E-state index contributed by atoms with van der Waals surface area (Å²) in [7, 11) is -3.57.